The van der Waals surface area contributed by atoms with Crippen molar-refractivity contribution in [2.24, 2.45) is 0 Å². The zero-order chi connectivity index (χ0) is 37.7. The van der Waals surface area contributed by atoms with Crippen molar-refractivity contribution in [3.8, 4) is 44.5 Å². The van der Waals surface area contributed by atoms with Crippen LogP contribution in [0.5, 0.6) is 0 Å². The van der Waals surface area contributed by atoms with Gasteiger partial charge in [-0.25, -0.2) is 0 Å². The minimum Gasteiger partial charge on any atom is -0.456 e. The number of anilines is 3. The minimum absolute atomic E-state index is 0.852. The third-order valence-corrected chi connectivity index (χ3v) is 11.1. The van der Waals surface area contributed by atoms with Crippen LogP contribution >= 0.6 is 0 Å². The monoisotopic (exact) mass is 729 g/mol. The summed E-state index contributed by atoms with van der Waals surface area (Å²) >= 11 is 0. The lowest BCUT2D eigenvalue weighted by atomic mass is 9.93. The van der Waals surface area contributed by atoms with Crippen molar-refractivity contribution in [1.29, 1.82) is 0 Å². The quantitative estimate of drug-likeness (QED) is 0.164. The Labute approximate surface area is 330 Å². The van der Waals surface area contributed by atoms with Crippen LogP contribution in [0.25, 0.3) is 88.4 Å². The van der Waals surface area contributed by atoms with Gasteiger partial charge in [-0.05, 0) is 94.0 Å². The standard InChI is InChI=1S/C54H35NO2/c1-3-14-36(15-4-1)38-26-29-42(30-27-38)55(47-23-10-7-20-43(47)40-28-32-51-46(35-40)44-21-8-11-24-49(44)56-51)48-31-33-52-54(45-22-9-12-25-50(45)57-52)53(48)41-19-13-18-39(34-41)37-16-5-2-6-17-37/h1-35H. The van der Waals surface area contributed by atoms with Crippen LogP contribution in [0.1, 0.15) is 0 Å². The van der Waals surface area contributed by atoms with Gasteiger partial charge in [0.2, 0.25) is 0 Å². The van der Waals surface area contributed by atoms with Gasteiger partial charge < -0.3 is 13.7 Å². The lowest BCUT2D eigenvalue weighted by Crippen LogP contribution is -2.12. The molecule has 0 radical (unpaired) electrons. The molecule has 0 spiro atoms. The van der Waals surface area contributed by atoms with Crippen LogP contribution in [0, 0.1) is 0 Å². The van der Waals surface area contributed by atoms with Gasteiger partial charge in [0.25, 0.3) is 0 Å². The smallest absolute Gasteiger partial charge is 0.136 e. The van der Waals surface area contributed by atoms with Crippen LogP contribution in [0.3, 0.4) is 0 Å². The molecule has 0 unspecified atom stereocenters. The van der Waals surface area contributed by atoms with Crippen LogP contribution in [-0.2, 0) is 0 Å². The van der Waals surface area contributed by atoms with Crippen molar-refractivity contribution in [3.05, 3.63) is 212 Å². The lowest BCUT2D eigenvalue weighted by Gasteiger charge is -2.30. The van der Waals surface area contributed by atoms with E-state index in [1.807, 2.05) is 18.2 Å². The molecule has 0 amide bonds. The van der Waals surface area contributed by atoms with Crippen molar-refractivity contribution in [3.63, 3.8) is 0 Å². The number of benzene rings is 9. The highest BCUT2D eigenvalue weighted by Gasteiger charge is 2.25. The van der Waals surface area contributed by atoms with E-state index in [4.69, 9.17) is 8.83 Å². The molecule has 9 aromatic carbocycles. The Morgan fingerprint density at radius 3 is 1.63 bits per heavy atom. The Kier molecular flexibility index (Phi) is 7.82. The van der Waals surface area contributed by atoms with E-state index in [2.05, 4.69) is 199 Å². The van der Waals surface area contributed by atoms with Gasteiger partial charge in [-0.15, -0.1) is 0 Å². The van der Waals surface area contributed by atoms with E-state index in [0.29, 0.717) is 0 Å². The van der Waals surface area contributed by atoms with Gasteiger partial charge in [0.1, 0.15) is 22.3 Å². The molecule has 2 aromatic heterocycles. The average molecular weight is 730 g/mol. The third-order valence-electron chi connectivity index (χ3n) is 11.1. The van der Waals surface area contributed by atoms with E-state index >= 15 is 0 Å². The molecule has 0 atom stereocenters. The predicted octanol–water partition coefficient (Wildman–Crippen LogP) is 15.6. The predicted molar refractivity (Wildman–Crippen MR) is 237 cm³/mol. The molecular weight excluding hydrogens is 695 g/mol. The van der Waals surface area contributed by atoms with Gasteiger partial charge in [0.05, 0.1) is 11.4 Å². The molecular formula is C54H35NO2. The van der Waals surface area contributed by atoms with Gasteiger partial charge in [0, 0.05) is 38.4 Å². The van der Waals surface area contributed by atoms with Gasteiger partial charge in [-0.1, -0.05) is 152 Å². The molecule has 2 heterocycles. The molecule has 0 saturated carbocycles. The van der Waals surface area contributed by atoms with Gasteiger partial charge in [-0.3, -0.25) is 0 Å². The molecule has 0 saturated heterocycles. The SMILES string of the molecule is c1ccc(-c2ccc(N(c3ccccc3-c3ccc4oc5ccccc5c4c3)c3ccc4oc5ccccc5c4c3-c3cccc(-c4ccccc4)c3)cc2)cc1. The summed E-state index contributed by atoms with van der Waals surface area (Å²) in [6.07, 6.45) is 0. The van der Waals surface area contributed by atoms with Crippen LogP contribution in [0.4, 0.5) is 17.1 Å². The summed E-state index contributed by atoms with van der Waals surface area (Å²) in [5.41, 5.74) is 15.7. The number of fused-ring (bicyclic) bond motifs is 6. The summed E-state index contributed by atoms with van der Waals surface area (Å²) in [5, 5.41) is 4.38. The normalized spacial score (nSPS) is 11.5. The van der Waals surface area contributed by atoms with E-state index < -0.39 is 0 Å². The molecule has 0 fully saturated rings. The molecule has 3 nitrogen and oxygen atoms in total. The zero-order valence-corrected chi connectivity index (χ0v) is 31.0. The summed E-state index contributed by atoms with van der Waals surface area (Å²) in [6, 6.07) is 75.3. The number of furan rings is 2. The Bertz CT molecular complexity index is 3230. The topological polar surface area (TPSA) is 29.5 Å². The van der Waals surface area contributed by atoms with Gasteiger partial charge in [0.15, 0.2) is 0 Å². The van der Waals surface area contributed by atoms with E-state index in [1.165, 1.54) is 11.1 Å². The molecule has 11 aromatic rings. The minimum atomic E-state index is 0.852. The second-order valence-electron chi connectivity index (χ2n) is 14.5. The van der Waals surface area contributed by atoms with Crippen LogP contribution < -0.4 is 4.90 Å². The molecule has 0 N–H and O–H groups in total. The maximum absolute atomic E-state index is 6.57. The zero-order valence-electron chi connectivity index (χ0n) is 31.0. The van der Waals surface area contributed by atoms with Crippen molar-refractivity contribution >= 4 is 60.9 Å². The average Bonchev–Trinajstić information content (AvgIpc) is 3.86. The van der Waals surface area contributed by atoms with E-state index in [9.17, 15) is 0 Å². The van der Waals surface area contributed by atoms with Crippen molar-refractivity contribution in [1.82, 2.24) is 0 Å². The first-order chi connectivity index (χ1) is 28.3. The Hall–Kier alpha value is -7.62. The Morgan fingerprint density at radius 2 is 0.842 bits per heavy atom. The van der Waals surface area contributed by atoms with E-state index in [1.54, 1.807) is 0 Å². The first-order valence-electron chi connectivity index (χ1n) is 19.3. The number of hydrogen-bond acceptors (Lipinski definition) is 3. The van der Waals surface area contributed by atoms with Crippen LogP contribution in [0.2, 0.25) is 0 Å². The fourth-order valence-corrected chi connectivity index (χ4v) is 8.42. The molecule has 268 valence electrons. The second kappa shape index (κ2) is 13.6. The number of nitrogens with zero attached hydrogens (tertiary/aromatic N) is 1. The summed E-state index contributed by atoms with van der Waals surface area (Å²) in [4.78, 5) is 2.42. The van der Waals surface area contributed by atoms with Crippen LogP contribution in [-0.4, -0.2) is 0 Å². The highest BCUT2D eigenvalue weighted by Crippen LogP contribution is 2.50. The largest absolute Gasteiger partial charge is 0.456 e. The first-order valence-corrected chi connectivity index (χ1v) is 19.3. The third kappa shape index (κ3) is 5.68. The summed E-state index contributed by atoms with van der Waals surface area (Å²) < 4.78 is 12.8. The molecule has 3 heteroatoms. The molecule has 0 aliphatic carbocycles. The van der Waals surface area contributed by atoms with Crippen molar-refractivity contribution in [2.45, 2.75) is 0 Å². The fourth-order valence-electron chi connectivity index (χ4n) is 8.42. The van der Waals surface area contributed by atoms with Crippen molar-refractivity contribution in [2.75, 3.05) is 4.90 Å². The van der Waals surface area contributed by atoms with Gasteiger partial charge >= 0.3 is 0 Å². The highest BCUT2D eigenvalue weighted by atomic mass is 16.3. The van der Waals surface area contributed by atoms with Crippen molar-refractivity contribution < 1.29 is 8.83 Å². The summed E-state index contributed by atoms with van der Waals surface area (Å²) in [7, 11) is 0. The highest BCUT2D eigenvalue weighted by molar-refractivity contribution is 6.17. The second-order valence-corrected chi connectivity index (χ2v) is 14.5. The van der Waals surface area contributed by atoms with E-state index in [-0.39, 0.29) is 0 Å². The summed E-state index contributed by atoms with van der Waals surface area (Å²) in [6.45, 7) is 0. The Balaban J connectivity index is 1.19. The van der Waals surface area contributed by atoms with Crippen LogP contribution in [0.15, 0.2) is 221 Å². The fraction of sp³-hybridized carbons (Fsp3) is 0. The number of para-hydroxylation sites is 3. The molecule has 57 heavy (non-hydrogen) atoms. The maximum atomic E-state index is 6.57. The number of rotatable bonds is 7. The molecule has 0 aliphatic rings. The number of hydrogen-bond donors (Lipinski definition) is 0. The van der Waals surface area contributed by atoms with E-state index in [0.717, 1.165) is 94.3 Å². The lowest BCUT2D eigenvalue weighted by molar-refractivity contribution is 0.668. The first kappa shape index (κ1) is 32.8. The van der Waals surface area contributed by atoms with Gasteiger partial charge in [-0.2, -0.15) is 0 Å². The maximum Gasteiger partial charge on any atom is 0.136 e. The molecule has 0 aliphatic heterocycles. The summed E-state index contributed by atoms with van der Waals surface area (Å²) in [5.74, 6) is 0. The molecule has 0 bridgehead atoms. The molecule has 11 rings (SSSR count). The Morgan fingerprint density at radius 1 is 0.298 bits per heavy atom.